The molecule has 3 N–H and O–H groups in total. The molecule has 4 nitrogen and oxygen atoms in total. The van der Waals surface area contributed by atoms with Gasteiger partial charge in [0.25, 0.3) is 5.91 Å². The second kappa shape index (κ2) is 5.55. The Morgan fingerprint density at radius 1 is 1.47 bits per heavy atom. The van der Waals surface area contributed by atoms with E-state index in [0.717, 1.165) is 36.5 Å². The first kappa shape index (κ1) is 16.1. The zero-order valence-corrected chi connectivity index (χ0v) is 12.9. The second-order valence-electron chi connectivity index (χ2n) is 6.12. The first-order chi connectivity index (χ1) is 8.31. The van der Waals surface area contributed by atoms with Crippen LogP contribution in [0.3, 0.4) is 0 Å². The van der Waals surface area contributed by atoms with Crippen molar-refractivity contribution in [1.29, 1.82) is 0 Å². The van der Waals surface area contributed by atoms with E-state index in [2.05, 4.69) is 18.8 Å². The van der Waals surface area contributed by atoms with Crippen LogP contribution in [0.1, 0.15) is 42.0 Å². The maximum Gasteiger partial charge on any atom is 0.270 e. The Hall–Kier alpha value is -1.00. The number of piperidine rings is 1. The van der Waals surface area contributed by atoms with Crippen LogP contribution in [0.5, 0.6) is 0 Å². The molecule has 2 rings (SSSR count). The molecule has 1 atom stereocenters. The van der Waals surface area contributed by atoms with E-state index >= 15 is 0 Å². The predicted octanol–water partition coefficient (Wildman–Crippen LogP) is 2.25. The average Bonchev–Trinajstić information content (AvgIpc) is 2.60. The van der Waals surface area contributed by atoms with Crippen LogP contribution in [-0.2, 0) is 0 Å². The number of aromatic amines is 1. The van der Waals surface area contributed by atoms with Crippen LogP contribution in [0.2, 0.25) is 0 Å². The summed E-state index contributed by atoms with van der Waals surface area (Å²) in [4.78, 5) is 17.6. The smallest absolute Gasteiger partial charge is 0.270 e. The minimum Gasteiger partial charge on any atom is -0.354 e. The van der Waals surface area contributed by atoms with Gasteiger partial charge < -0.3 is 15.6 Å². The SMILES string of the molecule is Cc1cc(C)c(C(=O)N2CCC(N)C(C)(C)C2)[nH]1.Cl. The summed E-state index contributed by atoms with van der Waals surface area (Å²) >= 11 is 0. The topological polar surface area (TPSA) is 62.1 Å². The molecule has 0 aromatic carbocycles. The van der Waals surface area contributed by atoms with E-state index in [1.165, 1.54) is 0 Å². The molecule has 1 aliphatic rings. The Balaban J connectivity index is 0.00000180. The van der Waals surface area contributed by atoms with Crippen LogP contribution in [0.25, 0.3) is 0 Å². The van der Waals surface area contributed by atoms with Gasteiger partial charge in [-0.05, 0) is 37.3 Å². The Morgan fingerprint density at radius 2 is 2.11 bits per heavy atom. The Kier molecular flexibility index (Phi) is 4.69. The largest absolute Gasteiger partial charge is 0.354 e. The molecular formula is C14H24ClN3O. The van der Waals surface area contributed by atoms with Crippen molar-refractivity contribution in [3.63, 3.8) is 0 Å². The van der Waals surface area contributed by atoms with Crippen molar-refractivity contribution in [2.45, 2.75) is 40.2 Å². The number of aromatic nitrogens is 1. The number of halogens is 1. The molecule has 0 saturated carbocycles. The number of carbonyl (C=O) groups is 1. The Bertz CT molecular complexity index is 467. The van der Waals surface area contributed by atoms with Gasteiger partial charge in [0.15, 0.2) is 0 Å². The molecule has 1 fully saturated rings. The van der Waals surface area contributed by atoms with Crippen LogP contribution in [-0.4, -0.2) is 34.9 Å². The fraction of sp³-hybridized carbons (Fsp3) is 0.643. The van der Waals surface area contributed by atoms with Crippen molar-refractivity contribution in [1.82, 2.24) is 9.88 Å². The molecule has 108 valence electrons. The van der Waals surface area contributed by atoms with Crippen LogP contribution in [0.15, 0.2) is 6.07 Å². The fourth-order valence-electron chi connectivity index (χ4n) is 2.66. The number of hydrogen-bond acceptors (Lipinski definition) is 2. The normalized spacial score (nSPS) is 21.9. The van der Waals surface area contributed by atoms with Gasteiger partial charge in [-0.1, -0.05) is 13.8 Å². The number of carbonyl (C=O) groups excluding carboxylic acids is 1. The van der Waals surface area contributed by atoms with Gasteiger partial charge in [-0.2, -0.15) is 0 Å². The molecule has 5 heteroatoms. The lowest BCUT2D eigenvalue weighted by molar-refractivity contribution is 0.0527. The quantitative estimate of drug-likeness (QED) is 0.831. The number of nitrogens with two attached hydrogens (primary N) is 1. The highest BCUT2D eigenvalue weighted by Crippen LogP contribution is 2.28. The zero-order valence-electron chi connectivity index (χ0n) is 12.1. The third-order valence-corrected chi connectivity index (χ3v) is 3.96. The molecule has 1 aromatic rings. The molecule has 1 unspecified atom stereocenters. The number of nitrogens with zero attached hydrogens (tertiary/aromatic N) is 1. The van der Waals surface area contributed by atoms with E-state index in [1.807, 2.05) is 24.8 Å². The van der Waals surface area contributed by atoms with Gasteiger partial charge in [-0.15, -0.1) is 12.4 Å². The molecule has 1 amide bonds. The van der Waals surface area contributed by atoms with Crippen molar-refractivity contribution in [3.05, 3.63) is 23.0 Å². The minimum atomic E-state index is -0.0105. The highest BCUT2D eigenvalue weighted by molar-refractivity contribution is 5.94. The van der Waals surface area contributed by atoms with E-state index in [0.29, 0.717) is 0 Å². The summed E-state index contributed by atoms with van der Waals surface area (Å²) in [6.07, 6.45) is 0.872. The number of aryl methyl sites for hydroxylation is 2. The first-order valence-electron chi connectivity index (χ1n) is 6.52. The van der Waals surface area contributed by atoms with Crippen molar-refractivity contribution in [3.8, 4) is 0 Å². The summed E-state index contributed by atoms with van der Waals surface area (Å²) in [5.41, 5.74) is 8.86. The van der Waals surface area contributed by atoms with E-state index < -0.39 is 0 Å². The lowest BCUT2D eigenvalue weighted by Crippen LogP contribution is -2.54. The monoisotopic (exact) mass is 285 g/mol. The molecule has 0 spiro atoms. The van der Waals surface area contributed by atoms with Crippen molar-refractivity contribution >= 4 is 18.3 Å². The summed E-state index contributed by atoms with van der Waals surface area (Å²) in [5, 5.41) is 0. The molecule has 1 aromatic heterocycles. The second-order valence-corrected chi connectivity index (χ2v) is 6.12. The summed E-state index contributed by atoms with van der Waals surface area (Å²) < 4.78 is 0. The highest BCUT2D eigenvalue weighted by atomic mass is 35.5. The van der Waals surface area contributed by atoms with Crippen molar-refractivity contribution in [2.75, 3.05) is 13.1 Å². The van der Waals surface area contributed by atoms with E-state index in [1.54, 1.807) is 0 Å². The van der Waals surface area contributed by atoms with Gasteiger partial charge in [-0.25, -0.2) is 0 Å². The fourth-order valence-corrected chi connectivity index (χ4v) is 2.66. The molecule has 1 saturated heterocycles. The van der Waals surface area contributed by atoms with E-state index in [9.17, 15) is 4.79 Å². The number of amides is 1. The highest BCUT2D eigenvalue weighted by Gasteiger charge is 2.36. The number of rotatable bonds is 1. The van der Waals surface area contributed by atoms with E-state index in [4.69, 9.17) is 5.73 Å². The number of nitrogens with one attached hydrogen (secondary N) is 1. The van der Waals surface area contributed by atoms with Crippen molar-refractivity contribution < 1.29 is 4.79 Å². The van der Waals surface area contributed by atoms with Gasteiger partial charge in [0, 0.05) is 24.8 Å². The third kappa shape index (κ3) is 3.12. The van der Waals surface area contributed by atoms with Crippen LogP contribution < -0.4 is 5.73 Å². The van der Waals surface area contributed by atoms with Gasteiger partial charge in [0.2, 0.25) is 0 Å². The molecular weight excluding hydrogens is 262 g/mol. The maximum absolute atomic E-state index is 12.5. The van der Waals surface area contributed by atoms with Gasteiger partial charge in [0.1, 0.15) is 5.69 Å². The molecule has 1 aliphatic heterocycles. The minimum absolute atomic E-state index is 0. The Labute approximate surface area is 121 Å². The zero-order chi connectivity index (χ0) is 13.5. The summed E-state index contributed by atoms with van der Waals surface area (Å²) in [7, 11) is 0. The van der Waals surface area contributed by atoms with Crippen LogP contribution in [0.4, 0.5) is 0 Å². The van der Waals surface area contributed by atoms with Gasteiger partial charge in [-0.3, -0.25) is 4.79 Å². The maximum atomic E-state index is 12.5. The third-order valence-electron chi connectivity index (χ3n) is 3.96. The number of hydrogen-bond donors (Lipinski definition) is 2. The van der Waals surface area contributed by atoms with Gasteiger partial charge >= 0.3 is 0 Å². The van der Waals surface area contributed by atoms with Crippen LogP contribution in [0, 0.1) is 19.3 Å². The predicted molar refractivity (Wildman–Crippen MR) is 79.8 cm³/mol. The molecule has 0 aliphatic carbocycles. The lowest BCUT2D eigenvalue weighted by atomic mass is 9.79. The molecule has 0 radical (unpaired) electrons. The molecule has 0 bridgehead atoms. The number of H-pyrrole nitrogens is 1. The summed E-state index contributed by atoms with van der Waals surface area (Å²) in [6.45, 7) is 9.68. The van der Waals surface area contributed by atoms with Gasteiger partial charge in [0.05, 0.1) is 0 Å². The van der Waals surface area contributed by atoms with E-state index in [-0.39, 0.29) is 29.8 Å². The average molecular weight is 286 g/mol. The molecule has 2 heterocycles. The van der Waals surface area contributed by atoms with Crippen molar-refractivity contribution in [2.24, 2.45) is 11.1 Å². The standard InChI is InChI=1S/C14H23N3O.ClH/c1-9-7-10(2)16-12(9)13(18)17-6-5-11(15)14(3,4)8-17;/h7,11,16H,5-6,8,15H2,1-4H3;1H. The van der Waals surface area contributed by atoms with Crippen LogP contribution >= 0.6 is 12.4 Å². The lowest BCUT2D eigenvalue weighted by Gasteiger charge is -2.42. The number of likely N-dealkylation sites (tertiary alicyclic amines) is 1. The summed E-state index contributed by atoms with van der Waals surface area (Å²) in [6, 6.07) is 2.18. The summed E-state index contributed by atoms with van der Waals surface area (Å²) in [5.74, 6) is 0.0978. The molecule has 19 heavy (non-hydrogen) atoms. The first-order valence-corrected chi connectivity index (χ1v) is 6.52. The Morgan fingerprint density at radius 3 is 2.58 bits per heavy atom.